The predicted molar refractivity (Wildman–Crippen MR) is 94.6 cm³/mol. The Morgan fingerprint density at radius 1 is 1.22 bits per heavy atom. The van der Waals surface area contributed by atoms with Gasteiger partial charge in [0.25, 0.3) is 11.1 Å². The van der Waals surface area contributed by atoms with Crippen LogP contribution in [0.2, 0.25) is 0 Å². The van der Waals surface area contributed by atoms with Crippen molar-refractivity contribution < 1.29 is 23.1 Å². The number of carbonyl (C=O) groups excluding carboxylic acids is 2. The second-order valence-corrected chi connectivity index (χ2v) is 6.81. The van der Waals surface area contributed by atoms with E-state index in [4.69, 9.17) is 9.15 Å². The van der Waals surface area contributed by atoms with Crippen LogP contribution in [0.3, 0.4) is 0 Å². The number of nitrogens with zero attached hydrogens (tertiary/aromatic N) is 2. The fraction of sp³-hybridized carbons (Fsp3) is 0.412. The Kier molecular flexibility index (Phi) is 6.77. The van der Waals surface area contributed by atoms with E-state index in [1.807, 2.05) is 0 Å². The first kappa shape index (κ1) is 19.3. The zero-order chi connectivity index (χ0) is 19.1. The fourth-order valence-electron chi connectivity index (χ4n) is 2.44. The van der Waals surface area contributed by atoms with E-state index in [1.165, 1.54) is 24.3 Å². The molecule has 2 aromatic rings. The molecule has 8 nitrogen and oxygen atoms in total. The zero-order valence-corrected chi connectivity index (χ0v) is 15.3. The molecule has 2 amide bonds. The minimum Gasteiger partial charge on any atom is -0.414 e. The summed E-state index contributed by atoms with van der Waals surface area (Å²) in [5.74, 6) is -0.565. The molecular formula is C17H19FN4O4S. The first-order chi connectivity index (χ1) is 13.1. The number of thioether (sulfide) groups is 1. The average molecular weight is 394 g/mol. The largest absolute Gasteiger partial charge is 0.414 e. The van der Waals surface area contributed by atoms with Gasteiger partial charge in [-0.3, -0.25) is 9.59 Å². The van der Waals surface area contributed by atoms with Crippen molar-refractivity contribution in [1.82, 2.24) is 20.8 Å². The van der Waals surface area contributed by atoms with Crippen LogP contribution in [0.1, 0.15) is 29.1 Å². The summed E-state index contributed by atoms with van der Waals surface area (Å²) in [6.45, 7) is 1.29. The second-order valence-electron chi connectivity index (χ2n) is 5.88. The molecular weight excluding hydrogens is 375 g/mol. The Morgan fingerprint density at radius 2 is 2.04 bits per heavy atom. The molecule has 2 N–H and O–H groups in total. The third-order valence-electron chi connectivity index (χ3n) is 3.83. The number of hydrogen-bond acceptors (Lipinski definition) is 7. The molecule has 0 bridgehead atoms. The number of rotatable bonds is 8. The lowest BCUT2D eigenvalue weighted by molar-refractivity contribution is -0.119. The van der Waals surface area contributed by atoms with Crippen LogP contribution in [0.4, 0.5) is 4.39 Å². The molecule has 1 aliphatic rings. The summed E-state index contributed by atoms with van der Waals surface area (Å²) in [6.07, 6.45) is 2.08. The van der Waals surface area contributed by atoms with Gasteiger partial charge >= 0.3 is 0 Å². The Bertz CT molecular complexity index is 777. The van der Waals surface area contributed by atoms with Crippen LogP contribution in [0.15, 0.2) is 33.9 Å². The number of nitrogens with one attached hydrogen (secondary N) is 2. The van der Waals surface area contributed by atoms with Gasteiger partial charge in [0.05, 0.1) is 18.4 Å². The summed E-state index contributed by atoms with van der Waals surface area (Å²) in [5.41, 5.74) is 0.327. The van der Waals surface area contributed by atoms with E-state index >= 15 is 0 Å². The van der Waals surface area contributed by atoms with E-state index in [2.05, 4.69) is 20.8 Å². The minimum atomic E-state index is -0.412. The van der Waals surface area contributed by atoms with Crippen LogP contribution in [0, 0.1) is 5.82 Å². The first-order valence-electron chi connectivity index (χ1n) is 8.47. The molecule has 0 unspecified atom stereocenters. The minimum absolute atomic E-state index is 0.0367. The van der Waals surface area contributed by atoms with Gasteiger partial charge in [-0.1, -0.05) is 11.8 Å². The topological polar surface area (TPSA) is 106 Å². The van der Waals surface area contributed by atoms with Crippen molar-refractivity contribution in [1.29, 1.82) is 0 Å². The molecule has 0 aliphatic carbocycles. The second kappa shape index (κ2) is 9.47. The number of amides is 2. The van der Waals surface area contributed by atoms with Crippen molar-refractivity contribution >= 4 is 23.6 Å². The van der Waals surface area contributed by atoms with E-state index in [-0.39, 0.29) is 41.3 Å². The van der Waals surface area contributed by atoms with Gasteiger partial charge < -0.3 is 19.8 Å². The van der Waals surface area contributed by atoms with Crippen LogP contribution in [-0.4, -0.2) is 47.0 Å². The molecule has 144 valence electrons. The Balaban J connectivity index is 1.38. The molecule has 1 aliphatic heterocycles. The van der Waals surface area contributed by atoms with Crippen LogP contribution in [0.5, 0.6) is 0 Å². The smallest absolute Gasteiger partial charge is 0.277 e. The molecule has 0 saturated carbocycles. The number of benzene rings is 1. The molecule has 1 aromatic heterocycles. The van der Waals surface area contributed by atoms with Crippen LogP contribution in [0.25, 0.3) is 0 Å². The molecule has 1 aromatic carbocycles. The van der Waals surface area contributed by atoms with Crippen LogP contribution in [-0.2, 0) is 16.1 Å². The molecule has 10 heteroatoms. The van der Waals surface area contributed by atoms with Gasteiger partial charge in [0.1, 0.15) is 5.82 Å². The van der Waals surface area contributed by atoms with Gasteiger partial charge in [0, 0.05) is 18.7 Å². The average Bonchev–Trinajstić information content (AvgIpc) is 3.35. The third kappa shape index (κ3) is 6.04. The lowest BCUT2D eigenvalue weighted by Crippen LogP contribution is -2.32. The van der Waals surface area contributed by atoms with Crippen molar-refractivity contribution in [2.75, 3.05) is 18.9 Å². The molecule has 3 rings (SSSR count). The fourth-order valence-corrected chi connectivity index (χ4v) is 3.05. The Labute approximate surface area is 159 Å². The number of carbonyl (C=O) groups is 2. The normalized spacial score (nSPS) is 16.3. The summed E-state index contributed by atoms with van der Waals surface area (Å²) in [7, 11) is 0. The Hall–Kier alpha value is -2.46. The zero-order valence-electron chi connectivity index (χ0n) is 14.4. The highest BCUT2D eigenvalue weighted by Gasteiger charge is 2.17. The first-order valence-corrected chi connectivity index (χ1v) is 9.46. The van der Waals surface area contributed by atoms with E-state index in [0.717, 1.165) is 31.2 Å². The van der Waals surface area contributed by atoms with Crippen molar-refractivity contribution in [3.8, 4) is 0 Å². The maximum Gasteiger partial charge on any atom is 0.277 e. The summed E-state index contributed by atoms with van der Waals surface area (Å²) in [4.78, 5) is 23.8. The SMILES string of the molecule is O=C(CSc1nnc(CNC(=O)c2ccc(F)cc2)o1)NC[C@@H]1CCCO1. The number of aromatic nitrogens is 2. The summed E-state index contributed by atoms with van der Waals surface area (Å²) in [6, 6.07) is 5.18. The highest BCUT2D eigenvalue weighted by molar-refractivity contribution is 7.99. The number of ether oxygens (including phenoxy) is 1. The number of halogens is 1. The van der Waals surface area contributed by atoms with Gasteiger partial charge in [-0.05, 0) is 37.1 Å². The van der Waals surface area contributed by atoms with Crippen molar-refractivity contribution in [2.45, 2.75) is 30.7 Å². The van der Waals surface area contributed by atoms with E-state index in [1.54, 1.807) is 0 Å². The Morgan fingerprint density at radius 3 is 2.78 bits per heavy atom. The standard InChI is InChI=1S/C17H19FN4O4S/c18-12-5-3-11(4-6-12)16(24)20-9-15-21-22-17(26-15)27-10-14(23)19-8-13-2-1-7-25-13/h3-6,13H,1-2,7-10H2,(H,19,23)(H,20,24)/t13-/m0/s1. The van der Waals surface area contributed by atoms with Crippen molar-refractivity contribution in [3.63, 3.8) is 0 Å². The van der Waals surface area contributed by atoms with Gasteiger partial charge in [-0.25, -0.2) is 4.39 Å². The lowest BCUT2D eigenvalue weighted by Gasteiger charge is -2.09. The molecule has 1 atom stereocenters. The van der Waals surface area contributed by atoms with Gasteiger partial charge in [-0.2, -0.15) is 0 Å². The summed E-state index contributed by atoms with van der Waals surface area (Å²) < 4.78 is 23.7. The molecule has 1 saturated heterocycles. The van der Waals surface area contributed by atoms with Gasteiger partial charge in [-0.15, -0.1) is 10.2 Å². The predicted octanol–water partition coefficient (Wildman–Crippen LogP) is 1.53. The highest BCUT2D eigenvalue weighted by atomic mass is 32.2. The monoisotopic (exact) mass is 394 g/mol. The van der Waals surface area contributed by atoms with Gasteiger partial charge in [0.2, 0.25) is 11.8 Å². The lowest BCUT2D eigenvalue weighted by atomic mass is 10.2. The molecule has 0 spiro atoms. The number of hydrogen-bond donors (Lipinski definition) is 2. The third-order valence-corrected chi connectivity index (χ3v) is 4.65. The molecule has 1 fully saturated rings. The van der Waals surface area contributed by atoms with E-state index in [0.29, 0.717) is 12.1 Å². The molecule has 0 radical (unpaired) electrons. The van der Waals surface area contributed by atoms with Crippen molar-refractivity contribution in [3.05, 3.63) is 41.5 Å². The van der Waals surface area contributed by atoms with Gasteiger partial charge in [0.15, 0.2) is 0 Å². The van der Waals surface area contributed by atoms with Crippen LogP contribution < -0.4 is 10.6 Å². The highest BCUT2D eigenvalue weighted by Crippen LogP contribution is 2.16. The van der Waals surface area contributed by atoms with Crippen LogP contribution >= 0.6 is 11.8 Å². The van der Waals surface area contributed by atoms with Crippen molar-refractivity contribution in [2.24, 2.45) is 0 Å². The summed E-state index contributed by atoms with van der Waals surface area (Å²) >= 11 is 1.12. The van der Waals surface area contributed by atoms with E-state index in [9.17, 15) is 14.0 Å². The maximum absolute atomic E-state index is 12.9. The van der Waals surface area contributed by atoms with E-state index < -0.39 is 5.82 Å². The quantitative estimate of drug-likeness (QED) is 0.654. The molecule has 2 heterocycles. The summed E-state index contributed by atoms with van der Waals surface area (Å²) in [5, 5.41) is 13.3. The maximum atomic E-state index is 12.9. The molecule has 27 heavy (non-hydrogen) atoms.